The minimum Gasteiger partial charge on any atom is -0.338 e. The molecular weight excluding hydrogens is 210 g/mol. The topological polar surface area (TPSA) is 20.3 Å². The molecule has 0 unspecified atom stereocenters. The normalized spacial score (nSPS) is 15.4. The molecule has 2 heteroatoms. The van der Waals surface area contributed by atoms with E-state index in [0.29, 0.717) is 11.8 Å². The van der Waals surface area contributed by atoms with Crippen molar-refractivity contribution in [2.75, 3.05) is 6.54 Å². The highest BCUT2D eigenvalue weighted by Gasteiger charge is 2.28. The van der Waals surface area contributed by atoms with Gasteiger partial charge in [-0.05, 0) is 24.8 Å². The third kappa shape index (κ3) is 3.09. The number of rotatable bonds is 5. The number of carbonyl (C=O) groups excluding carboxylic acids is 1. The Morgan fingerprint density at radius 1 is 1.29 bits per heavy atom. The first-order valence-corrected chi connectivity index (χ1v) is 6.64. The molecule has 1 aliphatic carbocycles. The zero-order valence-electron chi connectivity index (χ0n) is 10.6. The molecule has 0 radical (unpaired) electrons. The Kier molecular flexibility index (Phi) is 4.18. The van der Waals surface area contributed by atoms with Crippen LogP contribution < -0.4 is 0 Å². The largest absolute Gasteiger partial charge is 0.338 e. The first kappa shape index (κ1) is 12.2. The monoisotopic (exact) mass is 231 g/mol. The van der Waals surface area contributed by atoms with Crippen molar-refractivity contribution in [3.8, 4) is 0 Å². The van der Waals surface area contributed by atoms with Crippen LogP contribution >= 0.6 is 0 Å². The summed E-state index contributed by atoms with van der Waals surface area (Å²) < 4.78 is 0. The van der Waals surface area contributed by atoms with Gasteiger partial charge in [0, 0.05) is 19.0 Å². The van der Waals surface area contributed by atoms with Crippen LogP contribution in [0.3, 0.4) is 0 Å². The molecule has 0 bridgehead atoms. The van der Waals surface area contributed by atoms with E-state index in [-0.39, 0.29) is 0 Å². The van der Waals surface area contributed by atoms with Gasteiger partial charge in [0.05, 0.1) is 0 Å². The molecule has 0 aromatic heterocycles. The van der Waals surface area contributed by atoms with Crippen LogP contribution in [0.1, 0.15) is 38.2 Å². The van der Waals surface area contributed by atoms with Crippen molar-refractivity contribution in [1.82, 2.24) is 4.90 Å². The van der Waals surface area contributed by atoms with Crippen LogP contribution in [0.15, 0.2) is 30.3 Å². The average Bonchev–Trinajstić information content (AvgIpc) is 2.27. The predicted octanol–water partition coefficient (Wildman–Crippen LogP) is 3.23. The van der Waals surface area contributed by atoms with Crippen LogP contribution in [0, 0.1) is 5.92 Å². The Bertz CT molecular complexity index is 356. The second kappa shape index (κ2) is 5.85. The van der Waals surface area contributed by atoms with Crippen LogP contribution in [-0.2, 0) is 11.3 Å². The highest BCUT2D eigenvalue weighted by Crippen LogP contribution is 2.28. The third-order valence-electron chi connectivity index (χ3n) is 3.48. The van der Waals surface area contributed by atoms with E-state index in [1.165, 1.54) is 12.0 Å². The quantitative estimate of drug-likeness (QED) is 0.762. The highest BCUT2D eigenvalue weighted by atomic mass is 16.2. The molecule has 1 aliphatic rings. The SMILES string of the molecule is CCCN(Cc1ccccc1)C(=O)C1CCC1. The molecule has 1 aromatic carbocycles. The lowest BCUT2D eigenvalue weighted by Gasteiger charge is -2.31. The summed E-state index contributed by atoms with van der Waals surface area (Å²) in [4.78, 5) is 14.3. The summed E-state index contributed by atoms with van der Waals surface area (Å²) in [5, 5.41) is 0. The summed E-state index contributed by atoms with van der Waals surface area (Å²) in [7, 11) is 0. The Morgan fingerprint density at radius 3 is 2.53 bits per heavy atom. The summed E-state index contributed by atoms with van der Waals surface area (Å²) >= 11 is 0. The van der Waals surface area contributed by atoms with Crippen molar-refractivity contribution in [3.05, 3.63) is 35.9 Å². The second-order valence-electron chi connectivity index (χ2n) is 4.87. The van der Waals surface area contributed by atoms with E-state index in [9.17, 15) is 4.79 Å². The standard InChI is InChI=1S/C15H21NO/c1-2-11-16(15(17)14-9-6-10-14)12-13-7-4-3-5-8-13/h3-5,7-8,14H,2,6,9-12H2,1H3. The number of hydrogen-bond donors (Lipinski definition) is 0. The molecule has 1 saturated carbocycles. The Morgan fingerprint density at radius 2 is 2.00 bits per heavy atom. The van der Waals surface area contributed by atoms with E-state index < -0.39 is 0 Å². The molecular formula is C15H21NO. The molecule has 0 atom stereocenters. The lowest BCUT2D eigenvalue weighted by Crippen LogP contribution is -2.38. The summed E-state index contributed by atoms with van der Waals surface area (Å²) in [6, 6.07) is 10.3. The van der Waals surface area contributed by atoms with Gasteiger partial charge in [-0.1, -0.05) is 43.7 Å². The lowest BCUT2D eigenvalue weighted by atomic mass is 9.84. The molecule has 0 heterocycles. The van der Waals surface area contributed by atoms with Gasteiger partial charge < -0.3 is 4.90 Å². The van der Waals surface area contributed by atoms with Crippen molar-refractivity contribution in [3.63, 3.8) is 0 Å². The summed E-state index contributed by atoms with van der Waals surface area (Å²) in [6.07, 6.45) is 4.44. The number of benzene rings is 1. The molecule has 1 fully saturated rings. The van der Waals surface area contributed by atoms with Gasteiger partial charge in [0.15, 0.2) is 0 Å². The predicted molar refractivity (Wildman–Crippen MR) is 69.5 cm³/mol. The molecule has 1 amide bonds. The first-order valence-electron chi connectivity index (χ1n) is 6.64. The molecule has 0 N–H and O–H groups in total. The van der Waals surface area contributed by atoms with Gasteiger partial charge in [0.2, 0.25) is 5.91 Å². The molecule has 0 aliphatic heterocycles. The molecule has 17 heavy (non-hydrogen) atoms. The van der Waals surface area contributed by atoms with Gasteiger partial charge in [0.25, 0.3) is 0 Å². The molecule has 2 nitrogen and oxygen atoms in total. The van der Waals surface area contributed by atoms with Crippen molar-refractivity contribution in [2.45, 2.75) is 39.2 Å². The summed E-state index contributed by atoms with van der Waals surface area (Å²) in [5.74, 6) is 0.673. The van der Waals surface area contributed by atoms with Crippen molar-refractivity contribution < 1.29 is 4.79 Å². The van der Waals surface area contributed by atoms with Gasteiger partial charge in [-0.3, -0.25) is 4.79 Å². The molecule has 0 spiro atoms. The van der Waals surface area contributed by atoms with Gasteiger partial charge in [-0.15, -0.1) is 0 Å². The second-order valence-corrected chi connectivity index (χ2v) is 4.87. The van der Waals surface area contributed by atoms with E-state index in [4.69, 9.17) is 0 Å². The van der Waals surface area contributed by atoms with Gasteiger partial charge in [-0.25, -0.2) is 0 Å². The number of carbonyl (C=O) groups is 1. The van der Waals surface area contributed by atoms with Crippen LogP contribution in [-0.4, -0.2) is 17.4 Å². The Balaban J connectivity index is 1.99. The number of hydrogen-bond acceptors (Lipinski definition) is 1. The van der Waals surface area contributed by atoms with E-state index in [1.807, 2.05) is 23.1 Å². The fraction of sp³-hybridized carbons (Fsp3) is 0.533. The van der Waals surface area contributed by atoms with Gasteiger partial charge in [-0.2, -0.15) is 0 Å². The van der Waals surface area contributed by atoms with E-state index in [0.717, 1.165) is 32.4 Å². The van der Waals surface area contributed by atoms with Crippen molar-refractivity contribution >= 4 is 5.91 Å². The van der Waals surface area contributed by atoms with Crippen LogP contribution in [0.5, 0.6) is 0 Å². The Labute approximate surface area is 104 Å². The van der Waals surface area contributed by atoms with Crippen LogP contribution in [0.4, 0.5) is 0 Å². The minimum atomic E-state index is 0.310. The van der Waals surface area contributed by atoms with Crippen LogP contribution in [0.2, 0.25) is 0 Å². The fourth-order valence-corrected chi connectivity index (χ4v) is 2.25. The van der Waals surface area contributed by atoms with E-state index >= 15 is 0 Å². The fourth-order valence-electron chi connectivity index (χ4n) is 2.25. The van der Waals surface area contributed by atoms with E-state index in [1.54, 1.807) is 0 Å². The maximum absolute atomic E-state index is 12.2. The third-order valence-corrected chi connectivity index (χ3v) is 3.48. The lowest BCUT2D eigenvalue weighted by molar-refractivity contribution is -0.138. The zero-order valence-corrected chi connectivity index (χ0v) is 10.6. The Hall–Kier alpha value is -1.31. The summed E-state index contributed by atoms with van der Waals surface area (Å²) in [5.41, 5.74) is 1.23. The number of amides is 1. The minimum absolute atomic E-state index is 0.310. The zero-order chi connectivity index (χ0) is 12.1. The maximum Gasteiger partial charge on any atom is 0.225 e. The molecule has 1 aromatic rings. The van der Waals surface area contributed by atoms with Crippen molar-refractivity contribution in [1.29, 1.82) is 0 Å². The van der Waals surface area contributed by atoms with Crippen LogP contribution in [0.25, 0.3) is 0 Å². The van der Waals surface area contributed by atoms with Crippen molar-refractivity contribution in [2.24, 2.45) is 5.92 Å². The van der Waals surface area contributed by atoms with E-state index in [2.05, 4.69) is 19.1 Å². The highest BCUT2D eigenvalue weighted by molar-refractivity contribution is 5.79. The molecule has 92 valence electrons. The van der Waals surface area contributed by atoms with Gasteiger partial charge >= 0.3 is 0 Å². The number of nitrogens with zero attached hydrogens (tertiary/aromatic N) is 1. The first-order chi connectivity index (χ1) is 8.31. The summed E-state index contributed by atoms with van der Waals surface area (Å²) in [6.45, 7) is 3.78. The molecule has 0 saturated heterocycles. The smallest absolute Gasteiger partial charge is 0.225 e. The maximum atomic E-state index is 12.2. The van der Waals surface area contributed by atoms with Gasteiger partial charge in [0.1, 0.15) is 0 Å². The molecule has 2 rings (SSSR count). The average molecular weight is 231 g/mol.